The van der Waals surface area contributed by atoms with Gasteiger partial charge in [-0.05, 0) is 34.8 Å². The highest BCUT2D eigenvalue weighted by atomic mass is 32.3. The lowest BCUT2D eigenvalue weighted by Crippen LogP contribution is -2.29. The highest BCUT2D eigenvalue weighted by molar-refractivity contribution is 7.88. The van der Waals surface area contributed by atoms with Gasteiger partial charge in [-0.15, -0.1) is 15.3 Å². The zero-order valence-electron chi connectivity index (χ0n) is 35.6. The molecule has 0 amide bonds. The summed E-state index contributed by atoms with van der Waals surface area (Å²) in [5.74, 6) is 5.42. The number of rotatable bonds is 48. The number of nitrogens with two attached hydrogens (primary N) is 1. The Morgan fingerprint density at radius 3 is 1.41 bits per heavy atom. The van der Waals surface area contributed by atoms with Crippen molar-refractivity contribution >= 4 is 10.8 Å². The maximum absolute atomic E-state index is 10.9. The monoisotopic (exact) mass is 870 g/mol. The Morgan fingerprint density at radius 1 is 0.576 bits per heavy atom. The maximum Gasteiger partial charge on any atom is 0.528 e. The smallest absolute Gasteiger partial charge is 0.491 e. The third-order valence-electron chi connectivity index (χ3n) is 8.11. The fourth-order valence-electron chi connectivity index (χ4n) is 5.02. The highest BCUT2D eigenvalue weighted by Gasteiger charge is 2.28. The summed E-state index contributed by atoms with van der Waals surface area (Å²) in [5, 5.41) is 0. The van der Waals surface area contributed by atoms with Crippen molar-refractivity contribution in [2.75, 3.05) is 152 Å². The number of unbranched alkanes of at least 4 members (excludes halogenated alkanes) is 6. The first-order valence-electron chi connectivity index (χ1n) is 21.0. The van der Waals surface area contributed by atoms with Gasteiger partial charge in [-0.3, -0.25) is 0 Å². The van der Waals surface area contributed by atoms with Gasteiger partial charge in [0.25, 0.3) is 0 Å². The van der Waals surface area contributed by atoms with Crippen LogP contribution in [0, 0.1) is 0 Å². The van der Waals surface area contributed by atoms with Crippen LogP contribution >= 0.6 is 0 Å². The van der Waals surface area contributed by atoms with Crippen molar-refractivity contribution in [2.24, 2.45) is 5.90 Å². The van der Waals surface area contributed by atoms with Crippen molar-refractivity contribution in [1.82, 2.24) is 0 Å². The van der Waals surface area contributed by atoms with Crippen molar-refractivity contribution < 1.29 is 74.1 Å². The molecule has 0 aliphatic rings. The minimum absolute atomic E-state index is 0.0982. The normalized spacial score (nSPS) is 13.1. The van der Waals surface area contributed by atoms with E-state index in [1.165, 1.54) is 50.5 Å². The number of aryl methyl sites for hydroxylation is 1. The summed E-state index contributed by atoms with van der Waals surface area (Å²) in [6.07, 6.45) is 11.8. The number of hydrogen-bond acceptors (Lipinski definition) is 16. The first kappa shape index (κ1) is 55.3. The Balaban J connectivity index is 1.86. The first-order valence-corrected chi connectivity index (χ1v) is 22.4. The largest absolute Gasteiger partial charge is 0.528 e. The summed E-state index contributed by atoms with van der Waals surface area (Å²) in [6.45, 7) is 15.1. The Labute approximate surface area is 354 Å². The predicted molar refractivity (Wildman–Crippen MR) is 224 cm³/mol. The minimum Gasteiger partial charge on any atom is -0.491 e. The van der Waals surface area contributed by atoms with E-state index in [9.17, 15) is 4.21 Å². The zero-order valence-corrected chi connectivity index (χ0v) is 36.5. The molecule has 0 bridgehead atoms. The van der Waals surface area contributed by atoms with E-state index < -0.39 is 10.8 Å². The molecule has 59 heavy (non-hydrogen) atoms. The second-order valence-electron chi connectivity index (χ2n) is 13.0. The maximum atomic E-state index is 10.9. The molecule has 2 atom stereocenters. The van der Waals surface area contributed by atoms with Gasteiger partial charge in [0, 0.05) is 4.21 Å². The molecule has 2 unspecified atom stereocenters. The second kappa shape index (κ2) is 43.0. The van der Waals surface area contributed by atoms with E-state index in [1.54, 1.807) is 6.08 Å². The lowest BCUT2D eigenvalue weighted by atomic mass is 10.0. The number of ether oxygens (including phenoxy) is 12. The molecular weight excluding hydrogens is 795 g/mol. The Kier molecular flexibility index (Phi) is 40.3. The van der Waals surface area contributed by atoms with Crippen LogP contribution in [0.15, 0.2) is 36.9 Å². The van der Waals surface area contributed by atoms with Crippen molar-refractivity contribution in [3.8, 4) is 5.75 Å². The topological polar surface area (TPSA) is 193 Å². The Morgan fingerprint density at radius 2 is 0.983 bits per heavy atom. The summed E-state index contributed by atoms with van der Waals surface area (Å²) >= 11 is 0. The quantitative estimate of drug-likeness (QED) is 0.0392. The van der Waals surface area contributed by atoms with E-state index in [-0.39, 0.29) is 19.3 Å². The van der Waals surface area contributed by atoms with Crippen LogP contribution in [-0.4, -0.2) is 163 Å². The standard InChI is InChI=1S/C41H75NO16S/c1-3-5-6-7-8-9-10-11-39-12-14-40(15-13-39)56-38-41(37-54-16-4-2)55-35-33-52-31-29-50-27-25-48-23-21-46-19-17-45-18-20-47-22-24-49-26-28-51-30-32-53-34-36-57-59(43,44)58-42/h4,12-15,41H,2-3,5-11,16-38,42H2,1H3/p+1. The van der Waals surface area contributed by atoms with E-state index in [4.69, 9.17) is 61.4 Å². The van der Waals surface area contributed by atoms with Crippen LogP contribution in [0.5, 0.6) is 5.75 Å². The molecule has 3 N–H and O–H groups in total. The van der Waals surface area contributed by atoms with Gasteiger partial charge in [0.2, 0.25) is 0 Å². The molecule has 346 valence electrons. The fraction of sp³-hybridized carbons (Fsp3) is 0.805. The van der Waals surface area contributed by atoms with Gasteiger partial charge >= 0.3 is 10.8 Å². The SMILES string of the molecule is C=CCOCC(COc1ccc(CCCCCCCCC)cc1)OCCOCCOCCOCCOCCOCCOCCOCCOCCOCCO[S+](=O)(O)ON. The third-order valence-corrected chi connectivity index (χ3v) is 8.81. The molecule has 0 saturated carbocycles. The molecule has 0 saturated heterocycles. The van der Waals surface area contributed by atoms with Crippen LogP contribution in [0.25, 0.3) is 0 Å². The van der Waals surface area contributed by atoms with Crippen LogP contribution in [0.4, 0.5) is 0 Å². The average Bonchev–Trinajstić information content (AvgIpc) is 3.24. The summed E-state index contributed by atoms with van der Waals surface area (Å²) in [4.78, 5) is 0. The summed E-state index contributed by atoms with van der Waals surface area (Å²) < 4.78 is 94.9. The molecule has 0 spiro atoms. The van der Waals surface area contributed by atoms with Crippen molar-refractivity contribution in [3.05, 3.63) is 42.5 Å². The summed E-state index contributed by atoms with van der Waals surface area (Å²) in [7, 11) is -3.90. The van der Waals surface area contributed by atoms with E-state index >= 15 is 0 Å². The van der Waals surface area contributed by atoms with Crippen LogP contribution < -0.4 is 10.6 Å². The van der Waals surface area contributed by atoms with Crippen molar-refractivity contribution in [2.45, 2.75) is 64.4 Å². The molecule has 1 rings (SSSR count). The van der Waals surface area contributed by atoms with Gasteiger partial charge in [-0.2, -0.15) is 5.90 Å². The second-order valence-corrected chi connectivity index (χ2v) is 14.3. The highest BCUT2D eigenvalue weighted by Crippen LogP contribution is 2.16. The van der Waals surface area contributed by atoms with Crippen LogP contribution in [0.3, 0.4) is 0 Å². The number of hydrogen-bond donors (Lipinski definition) is 2. The van der Waals surface area contributed by atoms with Gasteiger partial charge < -0.3 is 56.8 Å². The molecule has 0 heterocycles. The van der Waals surface area contributed by atoms with Gasteiger partial charge in [-0.1, -0.05) is 63.7 Å². The molecule has 1 aromatic carbocycles. The summed E-state index contributed by atoms with van der Waals surface area (Å²) in [5.41, 5.74) is 1.35. The first-order chi connectivity index (χ1) is 29.0. The molecule has 0 fully saturated rings. The van der Waals surface area contributed by atoms with Crippen LogP contribution in [-0.2, 0) is 82.0 Å². The lowest BCUT2D eigenvalue weighted by molar-refractivity contribution is -0.0571. The van der Waals surface area contributed by atoms with Gasteiger partial charge in [0.15, 0.2) is 0 Å². The number of benzene rings is 1. The van der Waals surface area contributed by atoms with Crippen molar-refractivity contribution in [3.63, 3.8) is 0 Å². The van der Waals surface area contributed by atoms with E-state index in [0.717, 1.165) is 12.2 Å². The minimum atomic E-state index is -3.90. The Bertz CT molecular complexity index is 1080. The third kappa shape index (κ3) is 38.9. The summed E-state index contributed by atoms with van der Waals surface area (Å²) in [6, 6.07) is 8.38. The van der Waals surface area contributed by atoms with Crippen LogP contribution in [0.2, 0.25) is 0 Å². The fourth-order valence-corrected chi connectivity index (χ4v) is 5.35. The van der Waals surface area contributed by atoms with E-state index in [0.29, 0.717) is 139 Å². The van der Waals surface area contributed by atoms with Crippen molar-refractivity contribution in [1.29, 1.82) is 0 Å². The zero-order chi connectivity index (χ0) is 42.6. The van der Waals surface area contributed by atoms with Gasteiger partial charge in [-0.25, -0.2) is 0 Å². The average molecular weight is 871 g/mol. The molecular formula is C41H76NO16S+. The Hall–Kier alpha value is -1.69. The van der Waals surface area contributed by atoms with Gasteiger partial charge in [0.05, 0.1) is 139 Å². The lowest BCUT2D eigenvalue weighted by Gasteiger charge is -2.19. The molecule has 0 aliphatic carbocycles. The van der Waals surface area contributed by atoms with E-state index in [1.807, 2.05) is 12.1 Å². The molecule has 1 aromatic rings. The molecule has 18 heteroatoms. The van der Waals surface area contributed by atoms with Crippen LogP contribution in [0.1, 0.15) is 57.4 Å². The van der Waals surface area contributed by atoms with E-state index in [2.05, 4.69) is 40.0 Å². The molecule has 0 aromatic heterocycles. The molecule has 0 radical (unpaired) electrons. The molecule has 0 aliphatic heterocycles. The van der Waals surface area contributed by atoms with Gasteiger partial charge in [0.1, 0.15) is 25.1 Å². The predicted octanol–water partition coefficient (Wildman–Crippen LogP) is 4.81. The molecule has 17 nitrogen and oxygen atoms in total.